The second-order valence-corrected chi connectivity index (χ2v) is 3.21. The Morgan fingerprint density at radius 1 is 1.56 bits per heavy atom. The van der Waals surface area contributed by atoms with E-state index in [2.05, 4.69) is 4.74 Å². The molecule has 1 rings (SSSR count). The highest BCUT2D eigenvalue weighted by Gasteiger charge is 2.10. The van der Waals surface area contributed by atoms with Crippen molar-refractivity contribution in [1.82, 2.24) is 0 Å². The number of rotatable bonds is 4. The number of aliphatic hydroxyl groups is 1. The van der Waals surface area contributed by atoms with Crippen molar-refractivity contribution in [3.05, 3.63) is 35.4 Å². The molecule has 0 aromatic heterocycles. The lowest BCUT2D eigenvalue weighted by Gasteiger charge is -2.06. The fourth-order valence-corrected chi connectivity index (χ4v) is 1.30. The number of methoxy groups -OCH3 is 1. The first-order valence-corrected chi connectivity index (χ1v) is 4.95. The molecular weight excluding hydrogens is 206 g/mol. The highest BCUT2D eigenvalue weighted by Crippen LogP contribution is 2.19. The Hall–Kier alpha value is -1.81. The molecule has 0 amide bonds. The highest BCUT2D eigenvalue weighted by molar-refractivity contribution is 5.97. The lowest BCUT2D eigenvalue weighted by Crippen LogP contribution is -2.06. The van der Waals surface area contributed by atoms with Crippen LogP contribution in [0.25, 0.3) is 6.08 Å². The summed E-state index contributed by atoms with van der Waals surface area (Å²) in [5.74, 6) is -0.449. The first kappa shape index (κ1) is 12.3. The number of anilines is 1. The summed E-state index contributed by atoms with van der Waals surface area (Å²) in [5.41, 5.74) is 7.32. The molecule has 86 valence electrons. The van der Waals surface area contributed by atoms with E-state index in [1.54, 1.807) is 30.4 Å². The molecule has 0 atom stereocenters. The number of ether oxygens (including phenoxy) is 1. The number of hydrogen-bond donors (Lipinski definition) is 2. The average molecular weight is 221 g/mol. The molecule has 0 saturated carbocycles. The minimum Gasteiger partial charge on any atom is -0.465 e. The largest absolute Gasteiger partial charge is 0.465 e. The van der Waals surface area contributed by atoms with E-state index in [4.69, 9.17) is 10.8 Å². The molecule has 3 N–H and O–H groups in total. The van der Waals surface area contributed by atoms with Gasteiger partial charge >= 0.3 is 5.97 Å². The second-order valence-electron chi connectivity index (χ2n) is 3.21. The van der Waals surface area contributed by atoms with Gasteiger partial charge in [-0.3, -0.25) is 0 Å². The smallest absolute Gasteiger partial charge is 0.339 e. The zero-order chi connectivity index (χ0) is 12.0. The van der Waals surface area contributed by atoms with E-state index in [9.17, 15) is 4.79 Å². The van der Waals surface area contributed by atoms with E-state index < -0.39 is 5.97 Å². The van der Waals surface area contributed by atoms with Gasteiger partial charge in [0.2, 0.25) is 0 Å². The summed E-state index contributed by atoms with van der Waals surface area (Å²) in [5, 5.41) is 8.64. The Bertz CT molecular complexity index is 399. The van der Waals surface area contributed by atoms with E-state index in [1.807, 2.05) is 0 Å². The summed E-state index contributed by atoms with van der Waals surface area (Å²) >= 11 is 0. The SMILES string of the molecule is COC(=O)c1cccc(C=CCCO)c1N. The van der Waals surface area contributed by atoms with Gasteiger partial charge in [-0.05, 0) is 18.1 Å². The summed E-state index contributed by atoms with van der Waals surface area (Å²) in [6.45, 7) is 0.0904. The molecule has 0 unspecified atom stereocenters. The van der Waals surface area contributed by atoms with Crippen LogP contribution in [0.2, 0.25) is 0 Å². The summed E-state index contributed by atoms with van der Waals surface area (Å²) in [6, 6.07) is 5.15. The van der Waals surface area contributed by atoms with Gasteiger partial charge in [0.05, 0.1) is 18.4 Å². The molecule has 0 saturated heterocycles. The predicted molar refractivity (Wildman–Crippen MR) is 62.9 cm³/mol. The minimum absolute atomic E-state index is 0.0904. The Morgan fingerprint density at radius 3 is 2.94 bits per heavy atom. The highest BCUT2D eigenvalue weighted by atomic mass is 16.5. The third-order valence-electron chi connectivity index (χ3n) is 2.14. The number of esters is 1. The van der Waals surface area contributed by atoms with Crippen LogP contribution in [0.4, 0.5) is 5.69 Å². The van der Waals surface area contributed by atoms with Gasteiger partial charge in [0.15, 0.2) is 0 Å². The molecule has 4 heteroatoms. The van der Waals surface area contributed by atoms with Crippen molar-refractivity contribution in [2.45, 2.75) is 6.42 Å². The van der Waals surface area contributed by atoms with Crippen molar-refractivity contribution in [3.63, 3.8) is 0 Å². The molecule has 0 aliphatic carbocycles. The number of carbonyl (C=O) groups excluding carboxylic acids is 1. The minimum atomic E-state index is -0.449. The first-order chi connectivity index (χ1) is 7.70. The zero-order valence-electron chi connectivity index (χ0n) is 9.14. The summed E-state index contributed by atoms with van der Waals surface area (Å²) in [7, 11) is 1.32. The standard InChI is InChI=1S/C12H15NO3/c1-16-12(15)10-7-4-6-9(11(10)13)5-2-3-8-14/h2,4-7,14H,3,8,13H2,1H3. The number of para-hydroxylation sites is 1. The van der Waals surface area contributed by atoms with Crippen LogP contribution in [0, 0.1) is 0 Å². The van der Waals surface area contributed by atoms with E-state index in [0.29, 0.717) is 17.7 Å². The number of nitrogen functional groups attached to an aromatic ring is 1. The van der Waals surface area contributed by atoms with Gasteiger partial charge < -0.3 is 15.6 Å². The number of nitrogens with two attached hydrogens (primary N) is 1. The summed E-state index contributed by atoms with van der Waals surface area (Å²) in [6.07, 6.45) is 4.13. The summed E-state index contributed by atoms with van der Waals surface area (Å²) in [4.78, 5) is 11.4. The Morgan fingerprint density at radius 2 is 2.31 bits per heavy atom. The van der Waals surface area contributed by atoms with Crippen LogP contribution in [-0.4, -0.2) is 24.8 Å². The van der Waals surface area contributed by atoms with Crippen LogP contribution in [0.15, 0.2) is 24.3 Å². The lowest BCUT2D eigenvalue weighted by molar-refractivity contribution is 0.0602. The van der Waals surface area contributed by atoms with Crippen LogP contribution < -0.4 is 5.73 Å². The van der Waals surface area contributed by atoms with Gasteiger partial charge in [0.1, 0.15) is 0 Å². The third-order valence-corrected chi connectivity index (χ3v) is 2.14. The van der Waals surface area contributed by atoms with Crippen molar-refractivity contribution in [2.24, 2.45) is 0 Å². The van der Waals surface area contributed by atoms with Gasteiger partial charge in [-0.25, -0.2) is 4.79 Å². The molecule has 0 heterocycles. The number of hydrogen-bond acceptors (Lipinski definition) is 4. The molecule has 0 fully saturated rings. The van der Waals surface area contributed by atoms with Crippen molar-refractivity contribution >= 4 is 17.7 Å². The molecule has 0 spiro atoms. The van der Waals surface area contributed by atoms with E-state index >= 15 is 0 Å². The van der Waals surface area contributed by atoms with Crippen LogP contribution in [0.5, 0.6) is 0 Å². The molecule has 0 bridgehead atoms. The van der Waals surface area contributed by atoms with E-state index in [0.717, 1.165) is 5.56 Å². The molecule has 0 aliphatic heterocycles. The fraction of sp³-hybridized carbons (Fsp3) is 0.250. The van der Waals surface area contributed by atoms with Crippen molar-refractivity contribution in [3.8, 4) is 0 Å². The van der Waals surface area contributed by atoms with Gasteiger partial charge in [-0.1, -0.05) is 24.3 Å². The molecule has 0 aliphatic rings. The predicted octanol–water partition coefficient (Wildman–Crippen LogP) is 1.45. The molecule has 1 aromatic carbocycles. The lowest BCUT2D eigenvalue weighted by atomic mass is 10.1. The maximum absolute atomic E-state index is 11.4. The normalized spacial score (nSPS) is 10.6. The van der Waals surface area contributed by atoms with Crippen LogP contribution in [-0.2, 0) is 4.74 Å². The van der Waals surface area contributed by atoms with Crippen molar-refractivity contribution in [2.75, 3.05) is 19.5 Å². The monoisotopic (exact) mass is 221 g/mol. The molecule has 16 heavy (non-hydrogen) atoms. The topological polar surface area (TPSA) is 72.5 Å². The van der Waals surface area contributed by atoms with Crippen LogP contribution in [0.3, 0.4) is 0 Å². The number of aliphatic hydroxyl groups excluding tert-OH is 1. The van der Waals surface area contributed by atoms with E-state index in [1.165, 1.54) is 7.11 Å². The quantitative estimate of drug-likeness (QED) is 0.596. The maximum Gasteiger partial charge on any atom is 0.339 e. The van der Waals surface area contributed by atoms with Gasteiger partial charge in [0, 0.05) is 6.61 Å². The molecule has 1 aromatic rings. The third kappa shape index (κ3) is 2.84. The Labute approximate surface area is 94.3 Å². The maximum atomic E-state index is 11.4. The Balaban J connectivity index is 2.99. The Kier molecular flexibility index (Phi) is 4.54. The van der Waals surface area contributed by atoms with Gasteiger partial charge in [-0.2, -0.15) is 0 Å². The van der Waals surface area contributed by atoms with Crippen molar-refractivity contribution < 1.29 is 14.6 Å². The van der Waals surface area contributed by atoms with E-state index in [-0.39, 0.29) is 6.61 Å². The van der Waals surface area contributed by atoms with Crippen LogP contribution in [0.1, 0.15) is 22.3 Å². The van der Waals surface area contributed by atoms with Gasteiger partial charge in [-0.15, -0.1) is 0 Å². The number of benzene rings is 1. The fourth-order valence-electron chi connectivity index (χ4n) is 1.30. The number of carbonyl (C=O) groups is 1. The van der Waals surface area contributed by atoms with Crippen LogP contribution >= 0.6 is 0 Å². The zero-order valence-corrected chi connectivity index (χ0v) is 9.14. The molecule has 0 radical (unpaired) electrons. The first-order valence-electron chi connectivity index (χ1n) is 4.95. The molecular formula is C12H15NO3. The second kappa shape index (κ2) is 5.92. The van der Waals surface area contributed by atoms with Crippen molar-refractivity contribution in [1.29, 1.82) is 0 Å². The molecule has 4 nitrogen and oxygen atoms in total. The van der Waals surface area contributed by atoms with Gasteiger partial charge in [0.25, 0.3) is 0 Å². The average Bonchev–Trinajstić information content (AvgIpc) is 2.30. The summed E-state index contributed by atoms with van der Waals surface area (Å²) < 4.78 is 4.61.